The van der Waals surface area contributed by atoms with Gasteiger partial charge in [-0.3, -0.25) is 0 Å². The number of aromatic nitrogens is 1. The molecule has 28 heavy (non-hydrogen) atoms. The second kappa shape index (κ2) is 10.1. The summed E-state index contributed by atoms with van der Waals surface area (Å²) in [5.74, 6) is 0.846. The number of fused-ring (bicyclic) bond motifs is 1. The first-order valence-electron chi connectivity index (χ1n) is 9.90. The lowest BCUT2D eigenvalue weighted by molar-refractivity contribution is 0.415. The maximum atomic E-state index is 5.65. The van der Waals surface area contributed by atoms with Crippen LogP contribution in [0.4, 0.5) is 5.69 Å². The van der Waals surface area contributed by atoms with E-state index in [1.165, 1.54) is 0 Å². The second-order valence-electron chi connectivity index (χ2n) is 6.93. The topological polar surface area (TPSA) is 72.2 Å². The van der Waals surface area contributed by atoms with Crippen molar-refractivity contribution in [3.63, 3.8) is 0 Å². The maximum absolute atomic E-state index is 5.65. The molecule has 0 radical (unpaired) electrons. The van der Waals surface area contributed by atoms with Gasteiger partial charge in [0.05, 0.1) is 18.3 Å². The highest BCUT2D eigenvalue weighted by molar-refractivity contribution is 5.93. The number of rotatable bonds is 10. The van der Waals surface area contributed by atoms with Gasteiger partial charge in [0.1, 0.15) is 5.75 Å². The van der Waals surface area contributed by atoms with Gasteiger partial charge in [0.2, 0.25) is 0 Å². The van der Waals surface area contributed by atoms with E-state index in [4.69, 9.17) is 15.5 Å². The van der Waals surface area contributed by atoms with E-state index in [1.54, 1.807) is 7.11 Å². The number of nitrogens with two attached hydrogens (primary N) is 1. The third-order valence-electron chi connectivity index (χ3n) is 5.08. The van der Waals surface area contributed by atoms with E-state index in [1.807, 2.05) is 37.4 Å². The third kappa shape index (κ3) is 5.00. The third-order valence-corrected chi connectivity index (χ3v) is 5.08. The molecule has 0 amide bonds. The zero-order chi connectivity index (χ0) is 19.8. The molecule has 5 nitrogen and oxygen atoms in total. The molecular weight excluding hydrogens is 348 g/mol. The summed E-state index contributed by atoms with van der Waals surface area (Å²) in [4.78, 5) is 4.85. The number of pyridine rings is 1. The lowest BCUT2D eigenvalue weighted by Crippen LogP contribution is -2.28. The van der Waals surface area contributed by atoms with Crippen molar-refractivity contribution >= 4 is 16.6 Å². The molecule has 3 rings (SSSR count). The Morgan fingerprint density at radius 1 is 1.07 bits per heavy atom. The van der Waals surface area contributed by atoms with E-state index in [-0.39, 0.29) is 0 Å². The zero-order valence-electron chi connectivity index (χ0n) is 16.7. The summed E-state index contributed by atoms with van der Waals surface area (Å²) >= 11 is 0. The van der Waals surface area contributed by atoms with Crippen molar-refractivity contribution in [2.75, 3.05) is 32.6 Å². The van der Waals surface area contributed by atoms with E-state index in [0.717, 1.165) is 65.9 Å². The Morgan fingerprint density at radius 2 is 1.86 bits per heavy atom. The van der Waals surface area contributed by atoms with Crippen molar-refractivity contribution in [1.82, 2.24) is 10.3 Å². The summed E-state index contributed by atoms with van der Waals surface area (Å²) in [5, 5.41) is 8.16. The molecular formula is C23H30N4O. The highest BCUT2D eigenvalue weighted by Gasteiger charge is 2.09. The smallest absolute Gasteiger partial charge is 0.118 e. The van der Waals surface area contributed by atoms with Crippen LogP contribution in [-0.2, 0) is 0 Å². The van der Waals surface area contributed by atoms with E-state index >= 15 is 0 Å². The zero-order valence-corrected chi connectivity index (χ0v) is 16.7. The first kappa shape index (κ1) is 20.1. The lowest BCUT2D eigenvalue weighted by Gasteiger charge is -2.17. The summed E-state index contributed by atoms with van der Waals surface area (Å²) in [6.45, 7) is 1.64. The van der Waals surface area contributed by atoms with Crippen LogP contribution in [0.3, 0.4) is 0 Å². The number of para-hydroxylation sites is 1. The van der Waals surface area contributed by atoms with Crippen LogP contribution in [0.2, 0.25) is 0 Å². The highest BCUT2D eigenvalue weighted by atomic mass is 16.5. The predicted octanol–water partition coefficient (Wildman–Crippen LogP) is 4.04. The van der Waals surface area contributed by atoms with Crippen molar-refractivity contribution in [2.45, 2.75) is 25.3 Å². The number of benzene rings is 2. The minimum Gasteiger partial charge on any atom is -0.497 e. The molecule has 2 aromatic carbocycles. The maximum Gasteiger partial charge on any atom is 0.118 e. The fourth-order valence-electron chi connectivity index (χ4n) is 3.41. The molecule has 1 atom stereocenters. The Hall–Kier alpha value is -2.63. The van der Waals surface area contributed by atoms with Gasteiger partial charge in [-0.15, -0.1) is 0 Å². The van der Waals surface area contributed by atoms with Crippen molar-refractivity contribution in [3.05, 3.63) is 54.6 Å². The van der Waals surface area contributed by atoms with Gasteiger partial charge in [0.15, 0.2) is 0 Å². The Balaban J connectivity index is 1.82. The summed E-state index contributed by atoms with van der Waals surface area (Å²) in [5.41, 5.74) is 9.78. The summed E-state index contributed by atoms with van der Waals surface area (Å²) in [7, 11) is 3.70. The quantitative estimate of drug-likeness (QED) is 0.497. The molecule has 5 heteroatoms. The molecule has 0 aliphatic carbocycles. The summed E-state index contributed by atoms with van der Waals surface area (Å²) in [6, 6.07) is 18.9. The number of anilines is 1. The molecule has 0 spiro atoms. The van der Waals surface area contributed by atoms with Crippen molar-refractivity contribution in [2.24, 2.45) is 5.73 Å². The van der Waals surface area contributed by atoms with Gasteiger partial charge >= 0.3 is 0 Å². The van der Waals surface area contributed by atoms with Gasteiger partial charge in [-0.05, 0) is 69.3 Å². The molecule has 0 saturated carbocycles. The first-order chi connectivity index (χ1) is 13.7. The summed E-state index contributed by atoms with van der Waals surface area (Å²) < 4.78 is 5.27. The standard InChI is InChI=1S/C23H30N4O/c1-25-18(6-5-14-24)13-15-26-23-16-22(17-9-11-19(28-2)12-10-17)27-21-8-4-3-7-20(21)23/h3-4,7-12,16,18,25H,5-6,13-15,24H2,1-2H3,(H,26,27). The van der Waals surface area contributed by atoms with Gasteiger partial charge in [-0.2, -0.15) is 0 Å². The van der Waals surface area contributed by atoms with Crippen LogP contribution in [0.15, 0.2) is 54.6 Å². The molecule has 0 saturated heterocycles. The minimum atomic E-state index is 0.477. The van der Waals surface area contributed by atoms with Crippen LogP contribution < -0.4 is 21.1 Å². The largest absolute Gasteiger partial charge is 0.497 e. The number of methoxy groups -OCH3 is 1. The van der Waals surface area contributed by atoms with Crippen molar-refractivity contribution in [3.8, 4) is 17.0 Å². The van der Waals surface area contributed by atoms with Crippen LogP contribution in [-0.4, -0.2) is 38.3 Å². The van der Waals surface area contributed by atoms with Crippen molar-refractivity contribution < 1.29 is 4.74 Å². The van der Waals surface area contributed by atoms with Gasteiger partial charge in [-0.25, -0.2) is 4.98 Å². The fraction of sp³-hybridized carbons (Fsp3) is 0.348. The van der Waals surface area contributed by atoms with Gasteiger partial charge in [0.25, 0.3) is 0 Å². The van der Waals surface area contributed by atoms with Crippen LogP contribution in [0.25, 0.3) is 22.2 Å². The van der Waals surface area contributed by atoms with E-state index < -0.39 is 0 Å². The van der Waals surface area contributed by atoms with Gasteiger partial charge in [0, 0.05) is 29.2 Å². The van der Waals surface area contributed by atoms with Crippen molar-refractivity contribution in [1.29, 1.82) is 0 Å². The average molecular weight is 379 g/mol. The van der Waals surface area contributed by atoms with E-state index in [9.17, 15) is 0 Å². The Morgan fingerprint density at radius 3 is 2.57 bits per heavy atom. The molecule has 0 fully saturated rings. The number of ether oxygens (including phenoxy) is 1. The number of nitrogens with zero attached hydrogens (tertiary/aromatic N) is 1. The number of hydrogen-bond donors (Lipinski definition) is 3. The molecule has 3 aromatic rings. The second-order valence-corrected chi connectivity index (χ2v) is 6.93. The minimum absolute atomic E-state index is 0.477. The van der Waals surface area contributed by atoms with Crippen LogP contribution in [0.5, 0.6) is 5.75 Å². The van der Waals surface area contributed by atoms with Crippen LogP contribution in [0, 0.1) is 0 Å². The first-order valence-corrected chi connectivity index (χ1v) is 9.90. The highest BCUT2D eigenvalue weighted by Crippen LogP contribution is 2.29. The molecule has 0 aliphatic rings. The molecule has 1 heterocycles. The lowest BCUT2D eigenvalue weighted by atomic mass is 10.1. The SMILES string of the molecule is CNC(CCCN)CCNc1cc(-c2ccc(OC)cc2)nc2ccccc12. The van der Waals surface area contributed by atoms with E-state index in [2.05, 4.69) is 34.9 Å². The molecule has 148 valence electrons. The van der Waals surface area contributed by atoms with Crippen LogP contribution >= 0.6 is 0 Å². The van der Waals surface area contributed by atoms with E-state index in [0.29, 0.717) is 6.04 Å². The Bertz CT molecular complexity index is 879. The number of hydrogen-bond acceptors (Lipinski definition) is 5. The summed E-state index contributed by atoms with van der Waals surface area (Å²) in [6.07, 6.45) is 3.19. The number of nitrogens with one attached hydrogen (secondary N) is 2. The molecule has 0 aliphatic heterocycles. The fourth-order valence-corrected chi connectivity index (χ4v) is 3.41. The molecule has 1 unspecified atom stereocenters. The Kier molecular flexibility index (Phi) is 7.23. The van der Waals surface area contributed by atoms with Gasteiger partial charge in [-0.1, -0.05) is 18.2 Å². The van der Waals surface area contributed by atoms with Gasteiger partial charge < -0.3 is 21.1 Å². The predicted molar refractivity (Wildman–Crippen MR) is 118 cm³/mol. The average Bonchev–Trinajstić information content (AvgIpc) is 2.76. The molecule has 1 aromatic heterocycles. The normalized spacial score (nSPS) is 12.1. The Labute approximate surface area is 167 Å². The molecule has 0 bridgehead atoms. The molecule has 4 N–H and O–H groups in total. The van der Waals surface area contributed by atoms with Crippen LogP contribution in [0.1, 0.15) is 19.3 Å². The monoisotopic (exact) mass is 378 g/mol.